The zero-order chi connectivity index (χ0) is 14.8. The Bertz CT molecular complexity index is 675. The van der Waals surface area contributed by atoms with E-state index in [1.165, 1.54) is 6.42 Å². The maximum absolute atomic E-state index is 12.3. The number of rotatable bonds is 2. The molecule has 1 saturated carbocycles. The highest BCUT2D eigenvalue weighted by molar-refractivity contribution is 5.93. The molecule has 1 fully saturated rings. The molecule has 0 radical (unpaired) electrons. The molecule has 4 heteroatoms. The summed E-state index contributed by atoms with van der Waals surface area (Å²) in [5, 5.41) is 3.99. The zero-order valence-electron chi connectivity index (χ0n) is 12.6. The number of hydrogen-bond acceptors (Lipinski definition) is 3. The molecule has 0 aromatic carbocycles. The van der Waals surface area contributed by atoms with Gasteiger partial charge in [-0.05, 0) is 50.5 Å². The minimum atomic E-state index is 0.103. The summed E-state index contributed by atoms with van der Waals surface area (Å²) in [4.78, 5) is 21.2. The first-order chi connectivity index (χ1) is 10.1. The smallest absolute Gasteiger partial charge is 0.228 e. The van der Waals surface area contributed by atoms with Gasteiger partial charge in [0.05, 0.1) is 0 Å². The third-order valence-electron chi connectivity index (χ3n) is 4.23. The number of amides is 1. The molecule has 3 rings (SSSR count). The topological polar surface area (TPSA) is 54.9 Å². The van der Waals surface area contributed by atoms with Crippen LogP contribution in [0.25, 0.3) is 11.0 Å². The van der Waals surface area contributed by atoms with E-state index in [0.29, 0.717) is 11.5 Å². The molecule has 2 heterocycles. The van der Waals surface area contributed by atoms with Gasteiger partial charge >= 0.3 is 0 Å². The van der Waals surface area contributed by atoms with Gasteiger partial charge in [-0.25, -0.2) is 9.97 Å². The summed E-state index contributed by atoms with van der Waals surface area (Å²) in [5.41, 5.74) is 2.81. The Morgan fingerprint density at radius 2 is 1.90 bits per heavy atom. The molecule has 1 aliphatic carbocycles. The summed E-state index contributed by atoms with van der Waals surface area (Å²) in [5.74, 6) is 0.852. The van der Waals surface area contributed by atoms with Crippen molar-refractivity contribution in [3.05, 3.63) is 29.5 Å². The molecule has 0 atom stereocenters. The second-order valence-electron chi connectivity index (χ2n) is 5.97. The molecule has 110 valence electrons. The van der Waals surface area contributed by atoms with E-state index in [-0.39, 0.29) is 11.8 Å². The van der Waals surface area contributed by atoms with Crippen LogP contribution in [0.15, 0.2) is 18.2 Å². The molecule has 0 saturated heterocycles. The molecule has 2 aromatic heterocycles. The molecule has 0 spiro atoms. The van der Waals surface area contributed by atoms with Gasteiger partial charge < -0.3 is 5.32 Å². The highest BCUT2D eigenvalue weighted by atomic mass is 16.1. The van der Waals surface area contributed by atoms with Gasteiger partial charge in [0.1, 0.15) is 5.82 Å². The molecular weight excluding hydrogens is 262 g/mol. The van der Waals surface area contributed by atoms with Crippen molar-refractivity contribution in [3.8, 4) is 0 Å². The lowest BCUT2D eigenvalue weighted by Gasteiger charge is -2.20. The van der Waals surface area contributed by atoms with E-state index in [1.807, 2.05) is 25.1 Å². The molecule has 0 aliphatic heterocycles. The Labute approximate surface area is 125 Å². The summed E-state index contributed by atoms with van der Waals surface area (Å²) in [6.07, 6.45) is 5.55. The third kappa shape index (κ3) is 3.04. The number of nitrogens with zero attached hydrogens (tertiary/aromatic N) is 2. The summed E-state index contributed by atoms with van der Waals surface area (Å²) < 4.78 is 0. The summed E-state index contributed by atoms with van der Waals surface area (Å²) in [7, 11) is 0. The van der Waals surface area contributed by atoms with E-state index in [4.69, 9.17) is 0 Å². The van der Waals surface area contributed by atoms with Gasteiger partial charge in [-0.3, -0.25) is 4.79 Å². The minimum Gasteiger partial charge on any atom is -0.310 e. The van der Waals surface area contributed by atoms with E-state index < -0.39 is 0 Å². The fourth-order valence-corrected chi connectivity index (χ4v) is 3.09. The minimum absolute atomic E-state index is 0.103. The second kappa shape index (κ2) is 5.80. The van der Waals surface area contributed by atoms with Crippen molar-refractivity contribution in [1.29, 1.82) is 0 Å². The molecule has 1 N–H and O–H groups in total. The van der Waals surface area contributed by atoms with Gasteiger partial charge in [0.25, 0.3) is 0 Å². The molecule has 1 aliphatic rings. The first kappa shape index (κ1) is 14.0. The standard InChI is InChI=1S/C17H21N3O/c1-11-10-12(2)18-16-14(11)8-9-15(19-16)20-17(21)13-6-4-3-5-7-13/h8-10,13H,3-7H2,1-2H3,(H,18,19,20,21). The molecule has 2 aromatic rings. The zero-order valence-corrected chi connectivity index (χ0v) is 12.6. The van der Waals surface area contributed by atoms with Gasteiger partial charge in [-0.2, -0.15) is 0 Å². The van der Waals surface area contributed by atoms with Crippen LogP contribution in [0.3, 0.4) is 0 Å². The number of carbonyl (C=O) groups is 1. The SMILES string of the molecule is Cc1cc(C)c2ccc(NC(=O)C3CCCCC3)nc2n1. The number of carbonyl (C=O) groups excluding carboxylic acids is 1. The maximum atomic E-state index is 12.3. The summed E-state index contributed by atoms with van der Waals surface area (Å²) in [6, 6.07) is 5.90. The first-order valence-corrected chi connectivity index (χ1v) is 7.69. The Morgan fingerprint density at radius 3 is 2.67 bits per heavy atom. The van der Waals surface area contributed by atoms with E-state index in [1.54, 1.807) is 0 Å². The molecule has 1 amide bonds. The van der Waals surface area contributed by atoms with Crippen LogP contribution in [0.4, 0.5) is 5.82 Å². The number of pyridine rings is 2. The van der Waals surface area contributed by atoms with Crippen LogP contribution in [-0.2, 0) is 4.79 Å². The van der Waals surface area contributed by atoms with Gasteiger partial charge in [0, 0.05) is 17.0 Å². The Balaban J connectivity index is 1.82. The molecule has 0 unspecified atom stereocenters. The molecular formula is C17H21N3O. The van der Waals surface area contributed by atoms with Crippen molar-refractivity contribution >= 4 is 22.8 Å². The van der Waals surface area contributed by atoms with Crippen LogP contribution in [0.1, 0.15) is 43.4 Å². The number of aryl methyl sites for hydroxylation is 2. The molecule has 0 bridgehead atoms. The van der Waals surface area contributed by atoms with Crippen LogP contribution in [-0.4, -0.2) is 15.9 Å². The van der Waals surface area contributed by atoms with Crippen LogP contribution in [0.5, 0.6) is 0 Å². The number of aromatic nitrogens is 2. The fraction of sp³-hybridized carbons (Fsp3) is 0.471. The highest BCUT2D eigenvalue weighted by Gasteiger charge is 2.21. The predicted octanol–water partition coefficient (Wildman–Crippen LogP) is 3.77. The van der Waals surface area contributed by atoms with Gasteiger partial charge in [-0.15, -0.1) is 0 Å². The quantitative estimate of drug-likeness (QED) is 0.913. The lowest BCUT2D eigenvalue weighted by molar-refractivity contribution is -0.120. The van der Waals surface area contributed by atoms with Crippen LogP contribution in [0.2, 0.25) is 0 Å². The number of hydrogen-bond donors (Lipinski definition) is 1. The van der Waals surface area contributed by atoms with Gasteiger partial charge in [0.2, 0.25) is 5.91 Å². The highest BCUT2D eigenvalue weighted by Crippen LogP contribution is 2.25. The second-order valence-corrected chi connectivity index (χ2v) is 5.97. The third-order valence-corrected chi connectivity index (χ3v) is 4.23. The lowest BCUT2D eigenvalue weighted by atomic mass is 9.89. The van der Waals surface area contributed by atoms with Gasteiger partial charge in [-0.1, -0.05) is 19.3 Å². The first-order valence-electron chi connectivity index (χ1n) is 7.69. The molecule has 21 heavy (non-hydrogen) atoms. The van der Waals surface area contributed by atoms with E-state index in [0.717, 1.165) is 42.3 Å². The van der Waals surface area contributed by atoms with Crippen molar-refractivity contribution in [2.45, 2.75) is 46.0 Å². The van der Waals surface area contributed by atoms with Crippen molar-refractivity contribution in [1.82, 2.24) is 9.97 Å². The summed E-state index contributed by atoms with van der Waals surface area (Å²) >= 11 is 0. The van der Waals surface area contributed by atoms with Crippen molar-refractivity contribution < 1.29 is 4.79 Å². The Hall–Kier alpha value is -1.97. The maximum Gasteiger partial charge on any atom is 0.228 e. The van der Waals surface area contributed by atoms with Crippen molar-refractivity contribution in [2.24, 2.45) is 5.92 Å². The van der Waals surface area contributed by atoms with Crippen LogP contribution in [0, 0.1) is 19.8 Å². The normalized spacial score (nSPS) is 16.1. The Kier molecular flexibility index (Phi) is 3.86. The van der Waals surface area contributed by atoms with Crippen molar-refractivity contribution in [3.63, 3.8) is 0 Å². The average Bonchev–Trinajstić information content (AvgIpc) is 2.47. The van der Waals surface area contributed by atoms with Crippen LogP contribution >= 0.6 is 0 Å². The average molecular weight is 283 g/mol. The van der Waals surface area contributed by atoms with Crippen molar-refractivity contribution in [2.75, 3.05) is 5.32 Å². The summed E-state index contributed by atoms with van der Waals surface area (Å²) in [6.45, 7) is 4.01. The number of fused-ring (bicyclic) bond motifs is 1. The monoisotopic (exact) mass is 283 g/mol. The molecule has 4 nitrogen and oxygen atoms in total. The van der Waals surface area contributed by atoms with E-state index >= 15 is 0 Å². The number of nitrogens with one attached hydrogen (secondary N) is 1. The predicted molar refractivity (Wildman–Crippen MR) is 84.2 cm³/mol. The number of anilines is 1. The van der Waals surface area contributed by atoms with E-state index in [9.17, 15) is 4.79 Å². The van der Waals surface area contributed by atoms with Crippen LogP contribution < -0.4 is 5.32 Å². The largest absolute Gasteiger partial charge is 0.310 e. The van der Waals surface area contributed by atoms with E-state index in [2.05, 4.69) is 22.2 Å². The fourth-order valence-electron chi connectivity index (χ4n) is 3.09. The lowest BCUT2D eigenvalue weighted by Crippen LogP contribution is -2.25. The van der Waals surface area contributed by atoms with Gasteiger partial charge in [0.15, 0.2) is 5.65 Å². The Morgan fingerprint density at radius 1 is 1.14 bits per heavy atom.